The number of ether oxygens (including phenoxy) is 2. The third kappa shape index (κ3) is 4.12. The van der Waals surface area contributed by atoms with E-state index in [1.165, 1.54) is 5.69 Å². The first-order valence-corrected chi connectivity index (χ1v) is 8.22. The highest BCUT2D eigenvalue weighted by molar-refractivity contribution is 5.85. The Labute approximate surface area is 149 Å². The molecule has 2 aliphatic rings. The van der Waals surface area contributed by atoms with E-state index in [-0.39, 0.29) is 30.5 Å². The molecule has 0 radical (unpaired) electrons. The van der Waals surface area contributed by atoms with Gasteiger partial charge in [0.25, 0.3) is 0 Å². The maximum absolute atomic E-state index is 12.6. The highest BCUT2D eigenvalue weighted by atomic mass is 35.5. The van der Waals surface area contributed by atoms with Gasteiger partial charge < -0.3 is 24.6 Å². The van der Waals surface area contributed by atoms with Crippen LogP contribution in [0.1, 0.15) is 6.92 Å². The van der Waals surface area contributed by atoms with Crippen LogP contribution in [0, 0.1) is 0 Å². The quantitative estimate of drug-likeness (QED) is 0.881. The van der Waals surface area contributed by atoms with Crippen LogP contribution in [0.15, 0.2) is 24.3 Å². The van der Waals surface area contributed by atoms with Crippen LogP contribution in [-0.4, -0.2) is 69.4 Å². The van der Waals surface area contributed by atoms with E-state index in [4.69, 9.17) is 9.47 Å². The predicted molar refractivity (Wildman–Crippen MR) is 96.2 cm³/mol. The average molecular weight is 356 g/mol. The van der Waals surface area contributed by atoms with Crippen LogP contribution in [0.5, 0.6) is 5.75 Å². The van der Waals surface area contributed by atoms with Gasteiger partial charge in [0, 0.05) is 38.4 Å². The van der Waals surface area contributed by atoms with Gasteiger partial charge in [-0.2, -0.15) is 0 Å². The second-order valence-electron chi connectivity index (χ2n) is 6.02. The van der Waals surface area contributed by atoms with Gasteiger partial charge in [0.15, 0.2) is 0 Å². The zero-order valence-corrected chi connectivity index (χ0v) is 15.1. The number of carbonyl (C=O) groups is 1. The Morgan fingerprint density at radius 1 is 1.21 bits per heavy atom. The van der Waals surface area contributed by atoms with Gasteiger partial charge in [-0.1, -0.05) is 0 Å². The van der Waals surface area contributed by atoms with Gasteiger partial charge in [0.05, 0.1) is 19.8 Å². The number of anilines is 1. The number of amides is 1. The number of carbonyl (C=O) groups excluding carboxylic acids is 1. The van der Waals surface area contributed by atoms with Gasteiger partial charge in [-0.25, -0.2) is 0 Å². The van der Waals surface area contributed by atoms with Crippen LogP contribution in [-0.2, 0) is 9.53 Å². The number of benzene rings is 1. The number of methoxy groups -OCH3 is 1. The van der Waals surface area contributed by atoms with Crippen molar-refractivity contribution in [2.24, 2.45) is 0 Å². The minimum atomic E-state index is -0.212. The summed E-state index contributed by atoms with van der Waals surface area (Å²) in [6.45, 7) is 6.57. The summed E-state index contributed by atoms with van der Waals surface area (Å²) in [6, 6.07) is 7.86. The summed E-state index contributed by atoms with van der Waals surface area (Å²) in [5.41, 5.74) is 1.17. The van der Waals surface area contributed by atoms with Crippen LogP contribution in [0.3, 0.4) is 0 Å². The summed E-state index contributed by atoms with van der Waals surface area (Å²) < 4.78 is 10.8. The van der Waals surface area contributed by atoms with E-state index in [0.717, 1.165) is 38.5 Å². The van der Waals surface area contributed by atoms with Gasteiger partial charge in [0.2, 0.25) is 5.91 Å². The van der Waals surface area contributed by atoms with Crippen molar-refractivity contribution >= 4 is 24.0 Å². The molecule has 2 atom stereocenters. The van der Waals surface area contributed by atoms with Crippen LogP contribution in [0.2, 0.25) is 0 Å². The molecule has 0 aliphatic carbocycles. The molecule has 1 aromatic carbocycles. The fourth-order valence-electron chi connectivity index (χ4n) is 3.18. The number of halogens is 1. The fourth-order valence-corrected chi connectivity index (χ4v) is 3.18. The van der Waals surface area contributed by atoms with E-state index in [1.54, 1.807) is 7.11 Å². The Hall–Kier alpha value is -1.50. The van der Waals surface area contributed by atoms with Gasteiger partial charge >= 0.3 is 0 Å². The van der Waals surface area contributed by atoms with Crippen molar-refractivity contribution in [2.45, 2.75) is 19.1 Å². The molecular weight excluding hydrogens is 330 g/mol. The largest absolute Gasteiger partial charge is 0.497 e. The predicted octanol–water partition coefficient (Wildman–Crippen LogP) is 1.14. The molecule has 3 rings (SSSR count). The molecule has 1 aromatic rings. The molecule has 2 heterocycles. The van der Waals surface area contributed by atoms with Gasteiger partial charge in [0.1, 0.15) is 11.8 Å². The summed E-state index contributed by atoms with van der Waals surface area (Å²) in [4.78, 5) is 16.9. The number of rotatable bonds is 3. The molecule has 2 aliphatic heterocycles. The number of morpholine rings is 1. The lowest BCUT2D eigenvalue weighted by atomic mass is 10.1. The molecule has 0 spiro atoms. The molecule has 0 saturated carbocycles. The van der Waals surface area contributed by atoms with E-state index in [1.807, 2.05) is 24.0 Å². The zero-order chi connectivity index (χ0) is 16.2. The number of piperazine rings is 1. The molecule has 7 heteroatoms. The van der Waals surface area contributed by atoms with Crippen molar-refractivity contribution < 1.29 is 14.3 Å². The fraction of sp³-hybridized carbons (Fsp3) is 0.588. The van der Waals surface area contributed by atoms with Crippen LogP contribution in [0.25, 0.3) is 0 Å². The average Bonchev–Trinajstić information content (AvgIpc) is 2.62. The second kappa shape index (κ2) is 8.55. The lowest BCUT2D eigenvalue weighted by molar-refractivity contribution is -0.139. The van der Waals surface area contributed by atoms with E-state index < -0.39 is 0 Å². The number of hydrogen-bond donors (Lipinski definition) is 1. The van der Waals surface area contributed by atoms with Crippen molar-refractivity contribution in [1.82, 2.24) is 10.2 Å². The molecular formula is C17H26ClN3O3. The van der Waals surface area contributed by atoms with Crippen LogP contribution < -0.4 is 15.0 Å². The Bertz CT molecular complexity index is 532. The first kappa shape index (κ1) is 18.8. The zero-order valence-electron chi connectivity index (χ0n) is 14.2. The van der Waals surface area contributed by atoms with Gasteiger partial charge in [-0.3, -0.25) is 4.79 Å². The third-order valence-corrected chi connectivity index (χ3v) is 4.61. The summed E-state index contributed by atoms with van der Waals surface area (Å²) in [7, 11) is 1.67. The Morgan fingerprint density at radius 2 is 1.88 bits per heavy atom. The lowest BCUT2D eigenvalue weighted by Crippen LogP contribution is -2.59. The molecule has 2 fully saturated rings. The second-order valence-corrected chi connectivity index (χ2v) is 6.02. The molecule has 0 aromatic heterocycles. The smallest absolute Gasteiger partial charge is 0.242 e. The normalized spacial score (nSPS) is 24.2. The molecule has 1 amide bonds. The summed E-state index contributed by atoms with van der Waals surface area (Å²) in [5, 5.41) is 3.28. The van der Waals surface area contributed by atoms with Crippen molar-refractivity contribution in [2.75, 3.05) is 51.3 Å². The molecule has 2 saturated heterocycles. The van der Waals surface area contributed by atoms with Gasteiger partial charge in [-0.15, -0.1) is 12.4 Å². The number of hydrogen-bond acceptors (Lipinski definition) is 5. The molecule has 1 N–H and O–H groups in total. The first-order chi connectivity index (χ1) is 11.2. The highest BCUT2D eigenvalue weighted by Gasteiger charge is 2.33. The maximum atomic E-state index is 12.6. The maximum Gasteiger partial charge on any atom is 0.242 e. The van der Waals surface area contributed by atoms with Crippen LogP contribution in [0.4, 0.5) is 5.69 Å². The molecule has 6 nitrogen and oxygen atoms in total. The van der Waals surface area contributed by atoms with Crippen molar-refractivity contribution in [3.63, 3.8) is 0 Å². The standard InChI is InChI=1S/C17H25N3O3.ClH/c1-13-16(18-7-12-23-13)17(21)20-10-8-19(9-11-20)14-3-5-15(22-2)6-4-14;/h3-6,13,16,18H,7-12H2,1-2H3;1H/t13-,16+;/m1./s1. The molecule has 24 heavy (non-hydrogen) atoms. The van der Waals surface area contributed by atoms with E-state index in [0.29, 0.717) is 6.61 Å². The van der Waals surface area contributed by atoms with Crippen molar-refractivity contribution in [3.8, 4) is 5.75 Å². The third-order valence-electron chi connectivity index (χ3n) is 4.61. The highest BCUT2D eigenvalue weighted by Crippen LogP contribution is 2.21. The van der Waals surface area contributed by atoms with Crippen molar-refractivity contribution in [1.29, 1.82) is 0 Å². The molecule has 0 unspecified atom stereocenters. The number of nitrogens with one attached hydrogen (secondary N) is 1. The topological polar surface area (TPSA) is 54.0 Å². The Balaban J connectivity index is 0.00000208. The summed E-state index contributed by atoms with van der Waals surface area (Å²) >= 11 is 0. The first-order valence-electron chi connectivity index (χ1n) is 8.22. The van der Waals surface area contributed by atoms with E-state index in [9.17, 15) is 4.79 Å². The van der Waals surface area contributed by atoms with E-state index in [2.05, 4.69) is 22.3 Å². The number of nitrogens with zero attached hydrogens (tertiary/aromatic N) is 2. The Kier molecular flexibility index (Phi) is 6.71. The monoisotopic (exact) mass is 355 g/mol. The summed E-state index contributed by atoms with van der Waals surface area (Å²) in [6.07, 6.45) is -0.0594. The Morgan fingerprint density at radius 3 is 2.46 bits per heavy atom. The SMILES string of the molecule is COc1ccc(N2CCN(C(=O)[C@H]3NCCO[C@@H]3C)CC2)cc1.Cl. The van der Waals surface area contributed by atoms with E-state index >= 15 is 0 Å². The summed E-state index contributed by atoms with van der Waals surface area (Å²) in [5.74, 6) is 1.02. The van der Waals surface area contributed by atoms with Crippen LogP contribution >= 0.6 is 12.4 Å². The minimum Gasteiger partial charge on any atom is -0.497 e. The van der Waals surface area contributed by atoms with Crippen molar-refractivity contribution in [3.05, 3.63) is 24.3 Å². The molecule has 0 bridgehead atoms. The van der Waals surface area contributed by atoms with Gasteiger partial charge in [-0.05, 0) is 31.2 Å². The lowest BCUT2D eigenvalue weighted by Gasteiger charge is -2.39. The minimum absolute atomic E-state index is 0. The molecule has 134 valence electrons.